The molecule has 0 aliphatic heterocycles. The highest BCUT2D eigenvalue weighted by Gasteiger charge is 2.29. The molecule has 0 saturated heterocycles. The van der Waals surface area contributed by atoms with Crippen molar-refractivity contribution in [1.82, 2.24) is 10.2 Å². The maximum absolute atomic E-state index is 13.3. The van der Waals surface area contributed by atoms with Crippen molar-refractivity contribution in [3.8, 4) is 0 Å². The zero-order chi connectivity index (χ0) is 24.9. The van der Waals surface area contributed by atoms with Crippen molar-refractivity contribution in [2.75, 3.05) is 7.05 Å². The minimum Gasteiger partial charge on any atom is -0.456 e. The number of nitrogens with one attached hydrogen (secondary N) is 1. The second kappa shape index (κ2) is 11.1. The molecule has 2 aromatic rings. The Kier molecular flexibility index (Phi) is 8.47. The summed E-state index contributed by atoms with van der Waals surface area (Å²) in [5.74, 6) is -0.149. The van der Waals surface area contributed by atoms with Crippen LogP contribution in [0, 0.1) is 5.82 Å². The fourth-order valence-electron chi connectivity index (χ4n) is 4.79. The van der Waals surface area contributed by atoms with Gasteiger partial charge in [-0.15, -0.1) is 0 Å². The van der Waals surface area contributed by atoms with Gasteiger partial charge in [-0.25, -0.2) is 9.18 Å². The van der Waals surface area contributed by atoms with E-state index in [1.165, 1.54) is 17.7 Å². The van der Waals surface area contributed by atoms with Crippen LogP contribution in [0.5, 0.6) is 0 Å². The Balaban J connectivity index is 1.70. The van der Waals surface area contributed by atoms with Crippen LogP contribution in [0.1, 0.15) is 86.3 Å². The van der Waals surface area contributed by atoms with Crippen molar-refractivity contribution < 1.29 is 18.7 Å². The summed E-state index contributed by atoms with van der Waals surface area (Å²) in [6.07, 6.45) is 3.78. The van der Waals surface area contributed by atoms with Crippen molar-refractivity contribution >= 4 is 11.9 Å². The normalized spacial score (nSPS) is 18.4. The van der Waals surface area contributed by atoms with Gasteiger partial charge in [0.25, 0.3) is 0 Å². The Morgan fingerprint density at radius 2 is 1.71 bits per heavy atom. The van der Waals surface area contributed by atoms with Crippen molar-refractivity contribution in [2.24, 2.45) is 0 Å². The van der Waals surface area contributed by atoms with E-state index in [4.69, 9.17) is 4.74 Å². The van der Waals surface area contributed by atoms with E-state index in [1.807, 2.05) is 44.9 Å². The number of carbonyl (C=O) groups excluding carboxylic acids is 2. The van der Waals surface area contributed by atoms with E-state index in [2.05, 4.69) is 11.4 Å². The molecule has 6 heteroatoms. The summed E-state index contributed by atoms with van der Waals surface area (Å²) in [7, 11) is 1.90. The van der Waals surface area contributed by atoms with Crippen LogP contribution in [-0.4, -0.2) is 35.5 Å². The van der Waals surface area contributed by atoms with Gasteiger partial charge in [-0.2, -0.15) is 0 Å². The topological polar surface area (TPSA) is 58.6 Å². The Morgan fingerprint density at radius 1 is 1.06 bits per heavy atom. The molecule has 1 saturated carbocycles. The molecule has 3 rings (SSSR count). The Hall–Kier alpha value is -2.73. The smallest absolute Gasteiger partial charge is 0.338 e. The lowest BCUT2D eigenvalue weighted by Gasteiger charge is -2.37. The summed E-state index contributed by atoms with van der Waals surface area (Å²) in [6, 6.07) is 12.4. The standard InChI is InChI=1S/C28H37FN2O3/c1-19(32)31(18-20-6-11-24(29)12-7-20)25-13-8-21(9-14-25)26-15-10-22(16-23(26)17-30-5)27(33)34-28(2,3)4/h6-7,10-12,15-16,21,25,30H,8-9,13-14,17-18H2,1-5H3/t21-,25-. The predicted molar refractivity (Wildman–Crippen MR) is 132 cm³/mol. The van der Waals surface area contributed by atoms with Crippen molar-refractivity contribution in [3.63, 3.8) is 0 Å². The summed E-state index contributed by atoms with van der Waals surface area (Å²) >= 11 is 0. The maximum Gasteiger partial charge on any atom is 0.338 e. The lowest BCUT2D eigenvalue weighted by atomic mass is 9.79. The molecule has 1 amide bonds. The van der Waals surface area contributed by atoms with E-state index in [0.29, 0.717) is 24.6 Å². The van der Waals surface area contributed by atoms with Crippen LogP contribution in [0.25, 0.3) is 0 Å². The largest absolute Gasteiger partial charge is 0.456 e. The van der Waals surface area contributed by atoms with E-state index in [1.54, 1.807) is 19.1 Å². The number of benzene rings is 2. The summed E-state index contributed by atoms with van der Waals surface area (Å²) in [5.41, 5.74) is 3.35. The van der Waals surface area contributed by atoms with Crippen molar-refractivity contribution in [1.29, 1.82) is 0 Å². The van der Waals surface area contributed by atoms with Crippen LogP contribution in [0.15, 0.2) is 42.5 Å². The molecule has 1 aliphatic carbocycles. The monoisotopic (exact) mass is 468 g/mol. The van der Waals surface area contributed by atoms with E-state index >= 15 is 0 Å². The maximum atomic E-state index is 13.3. The average molecular weight is 469 g/mol. The number of hydrogen-bond acceptors (Lipinski definition) is 4. The average Bonchev–Trinajstić information content (AvgIpc) is 2.78. The van der Waals surface area contributed by atoms with Gasteiger partial charge in [0.15, 0.2) is 0 Å². The van der Waals surface area contributed by atoms with E-state index < -0.39 is 5.60 Å². The Bertz CT molecular complexity index is 990. The summed E-state index contributed by atoms with van der Waals surface area (Å²) in [6.45, 7) is 8.39. The lowest BCUT2D eigenvalue weighted by molar-refractivity contribution is -0.132. The number of hydrogen-bond donors (Lipinski definition) is 1. The van der Waals surface area contributed by atoms with Crippen molar-refractivity contribution in [2.45, 2.75) is 84.0 Å². The molecule has 184 valence electrons. The molecule has 0 atom stereocenters. The van der Waals surface area contributed by atoms with Crippen LogP contribution in [0.2, 0.25) is 0 Å². The first-order valence-electron chi connectivity index (χ1n) is 12.1. The van der Waals surface area contributed by atoms with Crippen LogP contribution in [0.3, 0.4) is 0 Å². The number of amides is 1. The first-order valence-corrected chi connectivity index (χ1v) is 12.1. The molecule has 1 aliphatic rings. The first-order chi connectivity index (χ1) is 16.1. The summed E-state index contributed by atoms with van der Waals surface area (Å²) in [5, 5.41) is 3.22. The number of halogens is 1. The van der Waals surface area contributed by atoms with Crippen LogP contribution in [-0.2, 0) is 22.6 Å². The third-order valence-electron chi connectivity index (χ3n) is 6.39. The second-order valence-electron chi connectivity index (χ2n) is 10.2. The first kappa shape index (κ1) is 25.9. The zero-order valence-electron chi connectivity index (χ0n) is 21.0. The van der Waals surface area contributed by atoms with E-state index in [-0.39, 0.29) is 23.7 Å². The Morgan fingerprint density at radius 3 is 2.26 bits per heavy atom. The van der Waals surface area contributed by atoms with Gasteiger partial charge in [0.2, 0.25) is 5.91 Å². The molecule has 1 N–H and O–H groups in total. The van der Waals surface area contributed by atoms with E-state index in [9.17, 15) is 14.0 Å². The number of nitrogens with zero attached hydrogens (tertiary/aromatic N) is 1. The van der Waals surface area contributed by atoms with Gasteiger partial charge in [-0.3, -0.25) is 4.79 Å². The zero-order valence-corrected chi connectivity index (χ0v) is 21.0. The molecule has 5 nitrogen and oxygen atoms in total. The highest BCUT2D eigenvalue weighted by atomic mass is 19.1. The molecular formula is C28H37FN2O3. The number of ether oxygens (including phenoxy) is 1. The van der Waals surface area contributed by atoms with Gasteiger partial charge in [0, 0.05) is 26.1 Å². The van der Waals surface area contributed by atoms with Crippen LogP contribution in [0.4, 0.5) is 4.39 Å². The molecular weight excluding hydrogens is 431 g/mol. The van der Waals surface area contributed by atoms with Gasteiger partial charge in [0.1, 0.15) is 11.4 Å². The highest BCUT2D eigenvalue weighted by molar-refractivity contribution is 5.90. The molecule has 0 bridgehead atoms. The molecule has 0 heterocycles. The molecule has 2 aromatic carbocycles. The van der Waals surface area contributed by atoms with Crippen LogP contribution < -0.4 is 5.32 Å². The molecule has 0 spiro atoms. The van der Waals surface area contributed by atoms with Crippen molar-refractivity contribution in [3.05, 3.63) is 70.5 Å². The number of esters is 1. The van der Waals surface area contributed by atoms with E-state index in [0.717, 1.165) is 36.8 Å². The second-order valence-corrected chi connectivity index (χ2v) is 10.2. The number of carbonyl (C=O) groups is 2. The number of rotatable bonds is 7. The quantitative estimate of drug-likeness (QED) is 0.540. The third-order valence-corrected chi connectivity index (χ3v) is 6.39. The SMILES string of the molecule is CNCc1cc(C(=O)OC(C)(C)C)ccc1[C@H]1CC[C@H](N(Cc2ccc(F)cc2)C(C)=O)CC1. The molecule has 0 aromatic heterocycles. The molecule has 1 fully saturated rings. The molecule has 0 radical (unpaired) electrons. The summed E-state index contributed by atoms with van der Waals surface area (Å²) < 4.78 is 18.8. The Labute approximate surface area is 202 Å². The van der Waals surface area contributed by atoms with Gasteiger partial charge < -0.3 is 15.0 Å². The van der Waals surface area contributed by atoms with Crippen LogP contribution >= 0.6 is 0 Å². The minimum atomic E-state index is -0.534. The predicted octanol–water partition coefficient (Wildman–Crippen LogP) is 5.58. The highest BCUT2D eigenvalue weighted by Crippen LogP contribution is 2.37. The third kappa shape index (κ3) is 6.89. The van der Waals surface area contributed by atoms with Gasteiger partial charge in [0.05, 0.1) is 5.56 Å². The summed E-state index contributed by atoms with van der Waals surface area (Å²) in [4.78, 5) is 26.9. The minimum absolute atomic E-state index is 0.0466. The molecule has 0 unspecified atom stereocenters. The fraction of sp³-hybridized carbons (Fsp3) is 0.500. The van der Waals surface area contributed by atoms with Gasteiger partial charge >= 0.3 is 5.97 Å². The van der Waals surface area contributed by atoms with Gasteiger partial charge in [-0.1, -0.05) is 18.2 Å². The molecule has 34 heavy (non-hydrogen) atoms. The van der Waals surface area contributed by atoms with Gasteiger partial charge in [-0.05, 0) is 100 Å². The fourth-order valence-corrected chi connectivity index (χ4v) is 4.79. The lowest BCUT2D eigenvalue weighted by Crippen LogP contribution is -2.40.